The molecule has 4 rings (SSSR count). The lowest BCUT2D eigenvalue weighted by molar-refractivity contribution is -0.274. The Balaban J connectivity index is 1.52. The second-order valence-electron chi connectivity index (χ2n) is 6.42. The average Bonchev–Trinajstić information content (AvgIpc) is 3.28. The van der Waals surface area contributed by atoms with Crippen molar-refractivity contribution < 1.29 is 31.6 Å². The number of aromatic nitrogens is 2. The molecule has 10 heteroatoms. The monoisotopic (exact) mass is 407 g/mol. The SMILES string of the molecule is O=C1C[C@H](c2noc(-c3cccc(OC(F)(F)F)c3)n2)CN1c1ccc(F)cc1. The van der Waals surface area contributed by atoms with Crippen molar-refractivity contribution in [1.29, 1.82) is 0 Å². The van der Waals surface area contributed by atoms with Crippen LogP contribution in [0.2, 0.25) is 0 Å². The number of nitrogens with zero attached hydrogens (tertiary/aromatic N) is 3. The van der Waals surface area contributed by atoms with Gasteiger partial charge in [-0.15, -0.1) is 13.2 Å². The molecule has 0 radical (unpaired) electrons. The molecular formula is C19H13F4N3O3. The molecule has 0 spiro atoms. The van der Waals surface area contributed by atoms with E-state index < -0.39 is 17.9 Å². The number of carbonyl (C=O) groups excluding carboxylic acids is 1. The second kappa shape index (κ2) is 7.19. The highest BCUT2D eigenvalue weighted by atomic mass is 19.4. The van der Waals surface area contributed by atoms with Crippen molar-refractivity contribution in [1.82, 2.24) is 10.1 Å². The largest absolute Gasteiger partial charge is 0.573 e. The molecule has 1 aliphatic rings. The van der Waals surface area contributed by atoms with Gasteiger partial charge in [-0.3, -0.25) is 4.79 Å². The van der Waals surface area contributed by atoms with Gasteiger partial charge in [-0.2, -0.15) is 4.98 Å². The van der Waals surface area contributed by atoms with Crippen molar-refractivity contribution in [2.75, 3.05) is 11.4 Å². The fourth-order valence-electron chi connectivity index (χ4n) is 3.10. The first-order valence-electron chi connectivity index (χ1n) is 8.54. The Bertz CT molecular complexity index is 1030. The van der Waals surface area contributed by atoms with E-state index in [1.165, 1.54) is 41.3 Å². The summed E-state index contributed by atoms with van der Waals surface area (Å²) in [6.07, 6.45) is -4.68. The van der Waals surface area contributed by atoms with E-state index >= 15 is 0 Å². The third kappa shape index (κ3) is 4.20. The van der Waals surface area contributed by atoms with Crippen LogP contribution in [0.15, 0.2) is 53.1 Å². The minimum absolute atomic E-state index is 0.0142. The van der Waals surface area contributed by atoms with Gasteiger partial charge in [0.25, 0.3) is 5.89 Å². The molecule has 1 aliphatic heterocycles. The maximum absolute atomic E-state index is 13.1. The van der Waals surface area contributed by atoms with Crippen molar-refractivity contribution in [3.8, 4) is 17.2 Å². The van der Waals surface area contributed by atoms with E-state index in [2.05, 4.69) is 14.9 Å². The van der Waals surface area contributed by atoms with E-state index in [4.69, 9.17) is 4.52 Å². The van der Waals surface area contributed by atoms with Gasteiger partial charge in [-0.05, 0) is 42.5 Å². The van der Waals surface area contributed by atoms with Gasteiger partial charge in [0.2, 0.25) is 5.91 Å². The molecule has 2 heterocycles. The van der Waals surface area contributed by atoms with Gasteiger partial charge in [0.1, 0.15) is 11.6 Å². The number of benzene rings is 2. The first-order valence-corrected chi connectivity index (χ1v) is 8.54. The number of rotatable bonds is 4. The van der Waals surface area contributed by atoms with Gasteiger partial charge >= 0.3 is 6.36 Å². The van der Waals surface area contributed by atoms with Crippen LogP contribution in [0.25, 0.3) is 11.5 Å². The molecular weight excluding hydrogens is 394 g/mol. The molecule has 0 unspecified atom stereocenters. The van der Waals surface area contributed by atoms with Crippen LogP contribution in [0.3, 0.4) is 0 Å². The third-order valence-corrected chi connectivity index (χ3v) is 4.38. The van der Waals surface area contributed by atoms with Gasteiger partial charge in [-0.25, -0.2) is 4.39 Å². The first kappa shape index (κ1) is 18.9. The van der Waals surface area contributed by atoms with Crippen LogP contribution in [-0.2, 0) is 4.79 Å². The Hall–Kier alpha value is -3.43. The smallest absolute Gasteiger partial charge is 0.406 e. The fraction of sp³-hybridized carbons (Fsp3) is 0.211. The van der Waals surface area contributed by atoms with Gasteiger partial charge in [0.15, 0.2) is 5.82 Å². The predicted octanol–water partition coefficient (Wildman–Crippen LogP) is 4.29. The Morgan fingerprint density at radius 1 is 1.14 bits per heavy atom. The number of ether oxygens (including phenoxy) is 1. The number of carbonyl (C=O) groups is 1. The van der Waals surface area contributed by atoms with E-state index in [9.17, 15) is 22.4 Å². The van der Waals surface area contributed by atoms with Crippen LogP contribution in [0.5, 0.6) is 5.75 Å². The fourth-order valence-corrected chi connectivity index (χ4v) is 3.10. The molecule has 1 fully saturated rings. The summed E-state index contributed by atoms with van der Waals surface area (Å²) in [5, 5.41) is 3.87. The van der Waals surface area contributed by atoms with Crippen LogP contribution < -0.4 is 9.64 Å². The van der Waals surface area contributed by atoms with Crippen LogP contribution >= 0.6 is 0 Å². The van der Waals surface area contributed by atoms with Gasteiger partial charge in [0, 0.05) is 30.1 Å². The molecule has 1 amide bonds. The minimum atomic E-state index is -4.81. The number of anilines is 1. The van der Waals surface area contributed by atoms with Crippen LogP contribution in [0, 0.1) is 5.82 Å². The summed E-state index contributed by atoms with van der Waals surface area (Å²) < 4.78 is 59.3. The van der Waals surface area contributed by atoms with Crippen molar-refractivity contribution >= 4 is 11.6 Å². The number of alkyl halides is 3. The van der Waals surface area contributed by atoms with E-state index in [-0.39, 0.29) is 42.1 Å². The maximum Gasteiger partial charge on any atom is 0.573 e. The van der Waals surface area contributed by atoms with Crippen molar-refractivity contribution in [3.63, 3.8) is 0 Å². The van der Waals surface area contributed by atoms with Crippen LogP contribution in [0.1, 0.15) is 18.2 Å². The lowest BCUT2D eigenvalue weighted by Gasteiger charge is -2.15. The molecule has 0 aliphatic carbocycles. The Morgan fingerprint density at radius 3 is 2.62 bits per heavy atom. The summed E-state index contributed by atoms with van der Waals surface area (Å²) in [4.78, 5) is 18.0. The zero-order chi connectivity index (χ0) is 20.6. The Labute approximate surface area is 161 Å². The Morgan fingerprint density at radius 2 is 1.90 bits per heavy atom. The average molecular weight is 407 g/mol. The predicted molar refractivity (Wildman–Crippen MR) is 92.5 cm³/mol. The summed E-state index contributed by atoms with van der Waals surface area (Å²) in [5.74, 6) is -1.07. The molecule has 0 saturated carbocycles. The first-order chi connectivity index (χ1) is 13.8. The van der Waals surface area contributed by atoms with Crippen LogP contribution in [0.4, 0.5) is 23.2 Å². The zero-order valence-electron chi connectivity index (χ0n) is 14.7. The molecule has 1 atom stereocenters. The molecule has 3 aromatic rings. The van der Waals surface area contributed by atoms with Crippen molar-refractivity contribution in [3.05, 3.63) is 60.2 Å². The quantitative estimate of drug-likeness (QED) is 0.604. The number of hydrogen-bond acceptors (Lipinski definition) is 5. The molecule has 6 nitrogen and oxygen atoms in total. The molecule has 29 heavy (non-hydrogen) atoms. The summed E-state index contributed by atoms with van der Waals surface area (Å²) >= 11 is 0. The minimum Gasteiger partial charge on any atom is -0.406 e. The normalized spacial score (nSPS) is 17.0. The molecule has 1 saturated heterocycles. The summed E-state index contributed by atoms with van der Waals surface area (Å²) in [6, 6.07) is 10.7. The summed E-state index contributed by atoms with van der Waals surface area (Å²) in [7, 11) is 0. The van der Waals surface area contributed by atoms with Gasteiger partial charge in [-0.1, -0.05) is 11.2 Å². The van der Waals surface area contributed by atoms with E-state index in [1.807, 2.05) is 0 Å². The Kier molecular flexibility index (Phi) is 4.69. The highest BCUT2D eigenvalue weighted by Crippen LogP contribution is 2.32. The van der Waals surface area contributed by atoms with E-state index in [0.717, 1.165) is 12.1 Å². The lowest BCUT2D eigenvalue weighted by atomic mass is 10.1. The van der Waals surface area contributed by atoms with Gasteiger partial charge in [0.05, 0.1) is 0 Å². The number of halogens is 4. The lowest BCUT2D eigenvalue weighted by Crippen LogP contribution is -2.24. The molecule has 150 valence electrons. The number of hydrogen-bond donors (Lipinski definition) is 0. The highest BCUT2D eigenvalue weighted by Gasteiger charge is 2.35. The van der Waals surface area contributed by atoms with Crippen LogP contribution in [-0.4, -0.2) is 29.0 Å². The zero-order valence-corrected chi connectivity index (χ0v) is 14.7. The van der Waals surface area contributed by atoms with Crippen molar-refractivity contribution in [2.24, 2.45) is 0 Å². The molecule has 0 N–H and O–H groups in total. The highest BCUT2D eigenvalue weighted by molar-refractivity contribution is 5.96. The summed E-state index contributed by atoms with van der Waals surface area (Å²) in [6.45, 7) is 0.278. The van der Waals surface area contributed by atoms with Gasteiger partial charge < -0.3 is 14.2 Å². The standard InChI is InChI=1S/C19H13F4N3O3/c20-13-4-6-14(7-5-13)26-10-12(9-16(26)27)17-24-18(29-25-17)11-2-1-3-15(8-11)28-19(21,22)23/h1-8,12H,9-10H2/t12-/m0/s1. The third-order valence-electron chi connectivity index (χ3n) is 4.38. The molecule has 0 bridgehead atoms. The topological polar surface area (TPSA) is 68.5 Å². The maximum atomic E-state index is 13.1. The molecule has 2 aromatic carbocycles. The van der Waals surface area contributed by atoms with E-state index in [0.29, 0.717) is 5.69 Å². The number of amides is 1. The summed E-state index contributed by atoms with van der Waals surface area (Å²) in [5.41, 5.74) is 0.810. The van der Waals surface area contributed by atoms with E-state index in [1.54, 1.807) is 0 Å². The molecule has 1 aromatic heterocycles. The van der Waals surface area contributed by atoms with Crippen molar-refractivity contribution in [2.45, 2.75) is 18.7 Å². The second-order valence-corrected chi connectivity index (χ2v) is 6.42.